The van der Waals surface area contributed by atoms with Gasteiger partial charge in [-0.3, -0.25) is 0 Å². The highest BCUT2D eigenvalue weighted by Crippen LogP contribution is 2.28. The second-order valence-electron chi connectivity index (χ2n) is 4.03. The standard InChI is InChI=1S/C11H18O/c1-9(2)11-5-3-10(4-6-11)7-8-12/h3,5,8-11H,4,6-7H2,1-2H3/t10-,11-/m1/s1. The van der Waals surface area contributed by atoms with Gasteiger partial charge in [0.05, 0.1) is 0 Å². The topological polar surface area (TPSA) is 17.1 Å². The molecule has 68 valence electrons. The Kier molecular flexibility index (Phi) is 3.51. The zero-order chi connectivity index (χ0) is 8.97. The van der Waals surface area contributed by atoms with Crippen molar-refractivity contribution in [1.29, 1.82) is 0 Å². The first kappa shape index (κ1) is 9.50. The molecular formula is C11H18O. The van der Waals surface area contributed by atoms with Crippen molar-refractivity contribution in [2.24, 2.45) is 17.8 Å². The molecule has 1 aliphatic rings. The van der Waals surface area contributed by atoms with E-state index in [1.54, 1.807) is 0 Å². The third-order valence-electron chi connectivity index (χ3n) is 2.76. The largest absolute Gasteiger partial charge is 0.303 e. The highest BCUT2D eigenvalue weighted by atomic mass is 16.1. The molecule has 0 amide bonds. The van der Waals surface area contributed by atoms with Crippen molar-refractivity contribution in [3.8, 4) is 0 Å². The Morgan fingerprint density at radius 3 is 2.58 bits per heavy atom. The van der Waals surface area contributed by atoms with Crippen LogP contribution in [-0.2, 0) is 4.79 Å². The Morgan fingerprint density at radius 2 is 2.17 bits per heavy atom. The SMILES string of the molecule is CC(C)[C@@H]1C=C[C@@H](CC=O)CC1. The normalized spacial score (nSPS) is 29.2. The molecule has 12 heavy (non-hydrogen) atoms. The highest BCUT2D eigenvalue weighted by molar-refractivity contribution is 5.50. The number of rotatable bonds is 3. The molecule has 0 N–H and O–H groups in total. The molecule has 0 heterocycles. The maximum absolute atomic E-state index is 10.3. The molecule has 0 bridgehead atoms. The zero-order valence-electron chi connectivity index (χ0n) is 7.99. The van der Waals surface area contributed by atoms with Gasteiger partial charge in [0, 0.05) is 6.42 Å². The molecular weight excluding hydrogens is 148 g/mol. The van der Waals surface area contributed by atoms with Crippen LogP contribution in [0.25, 0.3) is 0 Å². The molecule has 2 atom stereocenters. The zero-order valence-corrected chi connectivity index (χ0v) is 7.99. The number of hydrogen-bond donors (Lipinski definition) is 0. The summed E-state index contributed by atoms with van der Waals surface area (Å²) in [5, 5.41) is 0. The average Bonchev–Trinajstić information content (AvgIpc) is 2.06. The molecule has 0 aromatic rings. The summed E-state index contributed by atoms with van der Waals surface area (Å²) in [5.41, 5.74) is 0. The van der Waals surface area contributed by atoms with Crippen molar-refractivity contribution in [1.82, 2.24) is 0 Å². The lowest BCUT2D eigenvalue weighted by atomic mass is 9.82. The van der Waals surface area contributed by atoms with Gasteiger partial charge in [-0.1, -0.05) is 26.0 Å². The maximum Gasteiger partial charge on any atom is 0.120 e. The first-order valence-electron chi connectivity index (χ1n) is 4.86. The number of hydrogen-bond acceptors (Lipinski definition) is 1. The Hall–Kier alpha value is -0.590. The Labute approximate surface area is 74.9 Å². The van der Waals surface area contributed by atoms with Crippen LogP contribution in [0.5, 0.6) is 0 Å². The molecule has 0 spiro atoms. The van der Waals surface area contributed by atoms with E-state index in [2.05, 4.69) is 26.0 Å². The molecule has 0 unspecified atom stereocenters. The minimum atomic E-state index is 0.525. The van der Waals surface area contributed by atoms with Crippen LogP contribution in [0.1, 0.15) is 33.1 Å². The predicted octanol–water partition coefficient (Wildman–Crippen LogP) is 2.81. The molecule has 0 aromatic heterocycles. The lowest BCUT2D eigenvalue weighted by Crippen LogP contribution is -2.13. The van der Waals surface area contributed by atoms with E-state index in [0.29, 0.717) is 12.3 Å². The molecule has 0 fully saturated rings. The third-order valence-corrected chi connectivity index (χ3v) is 2.76. The Morgan fingerprint density at radius 1 is 1.42 bits per heavy atom. The molecule has 0 aliphatic heterocycles. The Balaban J connectivity index is 2.41. The first-order valence-corrected chi connectivity index (χ1v) is 4.86. The van der Waals surface area contributed by atoms with Gasteiger partial charge in [0.25, 0.3) is 0 Å². The van der Waals surface area contributed by atoms with Gasteiger partial charge in [-0.2, -0.15) is 0 Å². The van der Waals surface area contributed by atoms with E-state index in [4.69, 9.17) is 0 Å². The van der Waals surface area contributed by atoms with Crippen LogP contribution < -0.4 is 0 Å². The number of allylic oxidation sites excluding steroid dienone is 2. The van der Waals surface area contributed by atoms with Crippen LogP contribution in [0.3, 0.4) is 0 Å². The first-order chi connectivity index (χ1) is 5.74. The van der Waals surface area contributed by atoms with Gasteiger partial charge in [0.1, 0.15) is 6.29 Å². The molecule has 0 aromatic carbocycles. The molecule has 1 aliphatic carbocycles. The fraction of sp³-hybridized carbons (Fsp3) is 0.727. The second-order valence-corrected chi connectivity index (χ2v) is 4.03. The molecule has 1 heteroatoms. The number of carbonyl (C=O) groups excluding carboxylic acids is 1. The van der Waals surface area contributed by atoms with E-state index >= 15 is 0 Å². The van der Waals surface area contributed by atoms with Crippen molar-refractivity contribution in [2.75, 3.05) is 0 Å². The molecule has 1 nitrogen and oxygen atoms in total. The molecule has 0 saturated heterocycles. The van der Waals surface area contributed by atoms with Gasteiger partial charge in [0.2, 0.25) is 0 Å². The van der Waals surface area contributed by atoms with Crippen molar-refractivity contribution < 1.29 is 4.79 Å². The molecule has 1 rings (SSSR count). The summed E-state index contributed by atoms with van der Waals surface area (Å²) < 4.78 is 0. The monoisotopic (exact) mass is 166 g/mol. The summed E-state index contributed by atoms with van der Waals surface area (Å²) in [6.45, 7) is 4.52. The van der Waals surface area contributed by atoms with Crippen LogP contribution in [0.4, 0.5) is 0 Å². The average molecular weight is 166 g/mol. The number of carbonyl (C=O) groups is 1. The lowest BCUT2D eigenvalue weighted by Gasteiger charge is -2.24. The van der Waals surface area contributed by atoms with E-state index in [9.17, 15) is 4.79 Å². The summed E-state index contributed by atoms with van der Waals surface area (Å²) in [4.78, 5) is 10.3. The van der Waals surface area contributed by atoms with E-state index in [-0.39, 0.29) is 0 Å². The van der Waals surface area contributed by atoms with Crippen LogP contribution in [0, 0.1) is 17.8 Å². The van der Waals surface area contributed by atoms with Crippen LogP contribution in [0.2, 0.25) is 0 Å². The van der Waals surface area contributed by atoms with Gasteiger partial charge in [-0.15, -0.1) is 0 Å². The predicted molar refractivity (Wildman–Crippen MR) is 50.9 cm³/mol. The second kappa shape index (κ2) is 4.44. The van der Waals surface area contributed by atoms with E-state index in [1.807, 2.05) is 0 Å². The van der Waals surface area contributed by atoms with Crippen LogP contribution in [-0.4, -0.2) is 6.29 Å². The summed E-state index contributed by atoms with van der Waals surface area (Å²) in [6, 6.07) is 0. The summed E-state index contributed by atoms with van der Waals surface area (Å²) in [7, 11) is 0. The van der Waals surface area contributed by atoms with Crippen molar-refractivity contribution in [2.45, 2.75) is 33.1 Å². The van der Waals surface area contributed by atoms with Gasteiger partial charge < -0.3 is 4.79 Å². The van der Waals surface area contributed by atoms with Crippen molar-refractivity contribution in [3.05, 3.63) is 12.2 Å². The van der Waals surface area contributed by atoms with E-state index < -0.39 is 0 Å². The van der Waals surface area contributed by atoms with E-state index in [0.717, 1.165) is 18.1 Å². The quantitative estimate of drug-likeness (QED) is 0.465. The fourth-order valence-corrected chi connectivity index (χ4v) is 1.77. The smallest absolute Gasteiger partial charge is 0.120 e. The minimum absolute atomic E-state index is 0.525. The van der Waals surface area contributed by atoms with Crippen molar-refractivity contribution >= 4 is 6.29 Å². The van der Waals surface area contributed by atoms with Crippen LogP contribution >= 0.6 is 0 Å². The van der Waals surface area contributed by atoms with Gasteiger partial charge in [-0.25, -0.2) is 0 Å². The molecule has 0 radical (unpaired) electrons. The lowest BCUT2D eigenvalue weighted by molar-refractivity contribution is -0.108. The van der Waals surface area contributed by atoms with Gasteiger partial charge in [-0.05, 0) is 30.6 Å². The summed E-state index contributed by atoms with van der Waals surface area (Å²) in [6.07, 6.45) is 8.71. The minimum Gasteiger partial charge on any atom is -0.303 e. The Bertz CT molecular complexity index is 170. The summed E-state index contributed by atoms with van der Waals surface area (Å²) >= 11 is 0. The van der Waals surface area contributed by atoms with Gasteiger partial charge >= 0.3 is 0 Å². The number of aldehydes is 1. The van der Waals surface area contributed by atoms with Crippen molar-refractivity contribution in [3.63, 3.8) is 0 Å². The van der Waals surface area contributed by atoms with Crippen LogP contribution in [0.15, 0.2) is 12.2 Å². The highest BCUT2D eigenvalue weighted by Gasteiger charge is 2.17. The molecule has 0 saturated carbocycles. The fourth-order valence-electron chi connectivity index (χ4n) is 1.77. The van der Waals surface area contributed by atoms with E-state index in [1.165, 1.54) is 12.8 Å². The summed E-state index contributed by atoms with van der Waals surface area (Å²) in [5.74, 6) is 2.02. The maximum atomic E-state index is 10.3. The third kappa shape index (κ3) is 2.47. The van der Waals surface area contributed by atoms with Gasteiger partial charge in [0.15, 0.2) is 0 Å².